The quantitative estimate of drug-likeness (QED) is 0.715. The Morgan fingerprint density at radius 3 is 2.74 bits per heavy atom. The summed E-state index contributed by atoms with van der Waals surface area (Å²) >= 11 is 0. The molecule has 0 radical (unpaired) electrons. The highest BCUT2D eigenvalue weighted by Crippen LogP contribution is 2.22. The maximum absolute atomic E-state index is 12.1. The lowest BCUT2D eigenvalue weighted by Crippen LogP contribution is -2.55. The van der Waals surface area contributed by atoms with Crippen molar-refractivity contribution in [2.24, 2.45) is 0 Å². The Morgan fingerprint density at radius 2 is 1.93 bits per heavy atom. The monoisotopic (exact) mass is 359 g/mol. The van der Waals surface area contributed by atoms with Crippen molar-refractivity contribution in [2.75, 3.05) is 19.6 Å². The van der Waals surface area contributed by atoms with Crippen LogP contribution in [-0.2, 0) is 17.8 Å². The van der Waals surface area contributed by atoms with Gasteiger partial charge in [-0.1, -0.05) is 48.5 Å². The molecule has 1 unspecified atom stereocenters. The predicted molar refractivity (Wildman–Crippen MR) is 108 cm³/mol. The normalized spacial score (nSPS) is 18.0. The molecule has 0 saturated carbocycles. The van der Waals surface area contributed by atoms with Gasteiger partial charge in [-0.3, -0.25) is 14.7 Å². The summed E-state index contributed by atoms with van der Waals surface area (Å²) in [5, 5.41) is 2.44. The Labute approximate surface area is 160 Å². The van der Waals surface area contributed by atoms with E-state index in [0.717, 1.165) is 32.6 Å². The van der Waals surface area contributed by atoms with Crippen LogP contribution in [0, 0.1) is 0 Å². The Balaban J connectivity index is 1.53. The van der Waals surface area contributed by atoms with Crippen molar-refractivity contribution < 1.29 is 4.79 Å². The lowest BCUT2D eigenvalue weighted by molar-refractivity contribution is -0.133. The van der Waals surface area contributed by atoms with Gasteiger partial charge in [-0.25, -0.2) is 0 Å². The fraction of sp³-hybridized carbons (Fsp3) is 0.304. The first-order chi connectivity index (χ1) is 13.2. The Hall–Kier alpha value is -2.72. The smallest absolute Gasteiger partial charge is 0.219 e. The highest BCUT2D eigenvalue weighted by atomic mass is 16.2. The van der Waals surface area contributed by atoms with Gasteiger partial charge in [0.25, 0.3) is 0 Å². The van der Waals surface area contributed by atoms with Crippen LogP contribution < -0.4 is 0 Å². The molecule has 1 atom stereocenters. The lowest BCUT2D eigenvalue weighted by atomic mass is 10.0. The van der Waals surface area contributed by atoms with Crippen molar-refractivity contribution in [1.29, 1.82) is 0 Å². The van der Waals surface area contributed by atoms with Gasteiger partial charge in [0.05, 0.1) is 0 Å². The van der Waals surface area contributed by atoms with Gasteiger partial charge in [0, 0.05) is 56.9 Å². The van der Waals surface area contributed by atoms with Crippen LogP contribution in [-0.4, -0.2) is 46.4 Å². The fourth-order valence-electron chi connectivity index (χ4n) is 4.11. The molecule has 0 aliphatic carbocycles. The summed E-state index contributed by atoms with van der Waals surface area (Å²) in [6, 6.07) is 19.2. The van der Waals surface area contributed by atoms with Crippen LogP contribution in [0.1, 0.15) is 18.1 Å². The number of carbonyl (C=O) groups is 1. The van der Waals surface area contributed by atoms with Crippen LogP contribution >= 0.6 is 0 Å². The van der Waals surface area contributed by atoms with Gasteiger partial charge in [-0.2, -0.15) is 0 Å². The third kappa shape index (κ3) is 4.01. The third-order valence-electron chi connectivity index (χ3n) is 5.45. The zero-order chi connectivity index (χ0) is 18.6. The molecule has 4 heteroatoms. The summed E-state index contributed by atoms with van der Waals surface area (Å²) in [5.41, 5.74) is 2.61. The number of piperazine rings is 1. The predicted octanol–water partition coefficient (Wildman–Crippen LogP) is 3.51. The van der Waals surface area contributed by atoms with Crippen LogP contribution in [0.4, 0.5) is 0 Å². The molecule has 1 fully saturated rings. The molecule has 0 bridgehead atoms. The summed E-state index contributed by atoms with van der Waals surface area (Å²) < 4.78 is 0. The van der Waals surface area contributed by atoms with Gasteiger partial charge in [0.1, 0.15) is 0 Å². The molecule has 1 aliphatic rings. The second-order valence-corrected chi connectivity index (χ2v) is 7.31. The average Bonchev–Trinajstić information content (AvgIpc) is 2.69. The second-order valence-electron chi connectivity index (χ2n) is 7.31. The molecule has 138 valence electrons. The topological polar surface area (TPSA) is 36.4 Å². The number of fused-ring (bicyclic) bond motifs is 1. The lowest BCUT2D eigenvalue weighted by Gasteiger charge is -2.41. The van der Waals surface area contributed by atoms with Gasteiger partial charge in [-0.15, -0.1) is 0 Å². The first kappa shape index (κ1) is 17.7. The number of hydrogen-bond donors (Lipinski definition) is 0. The van der Waals surface area contributed by atoms with Crippen molar-refractivity contribution in [1.82, 2.24) is 14.8 Å². The van der Waals surface area contributed by atoms with Crippen molar-refractivity contribution in [3.63, 3.8) is 0 Å². The van der Waals surface area contributed by atoms with Crippen molar-refractivity contribution in [3.8, 4) is 0 Å². The third-order valence-corrected chi connectivity index (χ3v) is 5.45. The molecular formula is C23H25N3O. The maximum Gasteiger partial charge on any atom is 0.219 e. The minimum atomic E-state index is 0.173. The van der Waals surface area contributed by atoms with E-state index in [2.05, 4.69) is 58.4 Å². The van der Waals surface area contributed by atoms with Gasteiger partial charge >= 0.3 is 0 Å². The van der Waals surface area contributed by atoms with E-state index in [4.69, 9.17) is 0 Å². The summed E-state index contributed by atoms with van der Waals surface area (Å²) in [5.74, 6) is 0.173. The highest BCUT2D eigenvalue weighted by Gasteiger charge is 2.28. The molecular weight excluding hydrogens is 334 g/mol. The van der Waals surface area contributed by atoms with Gasteiger partial charge in [-0.05, 0) is 29.0 Å². The summed E-state index contributed by atoms with van der Waals surface area (Å²) in [7, 11) is 0. The first-order valence-electron chi connectivity index (χ1n) is 9.56. The van der Waals surface area contributed by atoms with Gasteiger partial charge < -0.3 is 4.90 Å². The van der Waals surface area contributed by atoms with E-state index < -0.39 is 0 Å². The molecule has 0 N–H and O–H groups in total. The number of pyridine rings is 1. The van der Waals surface area contributed by atoms with E-state index in [-0.39, 0.29) is 11.9 Å². The molecule has 1 aromatic heterocycles. The minimum absolute atomic E-state index is 0.173. The number of hydrogen-bond acceptors (Lipinski definition) is 3. The average molecular weight is 359 g/mol. The summed E-state index contributed by atoms with van der Waals surface area (Å²) in [6.07, 6.45) is 4.68. The second kappa shape index (κ2) is 7.89. The highest BCUT2D eigenvalue weighted by molar-refractivity contribution is 5.84. The van der Waals surface area contributed by atoms with Crippen molar-refractivity contribution in [3.05, 3.63) is 78.1 Å². The first-order valence-corrected chi connectivity index (χ1v) is 9.56. The van der Waals surface area contributed by atoms with Crippen molar-refractivity contribution >= 4 is 16.7 Å². The van der Waals surface area contributed by atoms with Crippen LogP contribution in [0.25, 0.3) is 10.8 Å². The maximum atomic E-state index is 12.1. The van der Waals surface area contributed by atoms with E-state index in [1.54, 1.807) is 6.92 Å². The molecule has 0 spiro atoms. The molecule has 1 saturated heterocycles. The standard InChI is InChI=1S/C23H25N3O/c1-18(27)26-13-12-25(17-22(26)14-19-6-3-2-4-7-19)16-21-9-5-8-20-15-24-11-10-23(20)21/h2-11,15,22H,12-14,16-17H2,1H3. The van der Waals surface area contributed by atoms with E-state index in [0.29, 0.717) is 0 Å². The Kier molecular flexibility index (Phi) is 5.16. The number of carbonyl (C=O) groups excluding carboxylic acids is 1. The van der Waals surface area contributed by atoms with Crippen LogP contribution in [0.3, 0.4) is 0 Å². The molecule has 4 nitrogen and oxygen atoms in total. The molecule has 2 aromatic carbocycles. The summed E-state index contributed by atoms with van der Waals surface area (Å²) in [4.78, 5) is 20.9. The number of nitrogens with zero attached hydrogens (tertiary/aromatic N) is 3. The fourth-order valence-corrected chi connectivity index (χ4v) is 4.11. The number of benzene rings is 2. The van der Waals surface area contributed by atoms with Crippen LogP contribution in [0.5, 0.6) is 0 Å². The largest absolute Gasteiger partial charge is 0.337 e. The van der Waals surface area contributed by atoms with Gasteiger partial charge in [0.2, 0.25) is 5.91 Å². The van der Waals surface area contributed by atoms with E-state index >= 15 is 0 Å². The molecule has 1 aliphatic heterocycles. The van der Waals surface area contributed by atoms with Crippen LogP contribution in [0.15, 0.2) is 67.0 Å². The number of rotatable bonds is 4. The van der Waals surface area contributed by atoms with E-state index in [1.165, 1.54) is 21.9 Å². The minimum Gasteiger partial charge on any atom is -0.337 e. The molecule has 3 aromatic rings. The zero-order valence-corrected chi connectivity index (χ0v) is 15.7. The number of amides is 1. The SMILES string of the molecule is CC(=O)N1CCN(Cc2cccc3cnccc23)CC1Cc1ccccc1. The Bertz CT molecular complexity index is 920. The summed E-state index contributed by atoms with van der Waals surface area (Å²) in [6.45, 7) is 5.19. The molecule has 4 rings (SSSR count). The Morgan fingerprint density at radius 1 is 1.07 bits per heavy atom. The van der Waals surface area contributed by atoms with Crippen LogP contribution in [0.2, 0.25) is 0 Å². The van der Waals surface area contributed by atoms with E-state index in [1.807, 2.05) is 23.4 Å². The van der Waals surface area contributed by atoms with Crippen molar-refractivity contribution in [2.45, 2.75) is 25.9 Å². The van der Waals surface area contributed by atoms with E-state index in [9.17, 15) is 4.79 Å². The molecule has 1 amide bonds. The van der Waals surface area contributed by atoms with Gasteiger partial charge in [0.15, 0.2) is 0 Å². The number of aromatic nitrogens is 1. The zero-order valence-electron chi connectivity index (χ0n) is 15.7. The molecule has 27 heavy (non-hydrogen) atoms. The molecule has 2 heterocycles.